The zero-order valence-corrected chi connectivity index (χ0v) is 20.0. The van der Waals surface area contributed by atoms with Crippen LogP contribution in [0.4, 0.5) is 0 Å². The maximum atomic E-state index is 12.8. The third-order valence-corrected chi connectivity index (χ3v) is 5.88. The monoisotopic (exact) mass is 450 g/mol. The lowest BCUT2D eigenvalue weighted by Gasteiger charge is -2.18. The third-order valence-electron chi connectivity index (χ3n) is 5.88. The first-order valence-electron chi connectivity index (χ1n) is 11.7. The average molecular weight is 451 g/mol. The van der Waals surface area contributed by atoms with Gasteiger partial charge in [-0.25, -0.2) is 4.79 Å². The van der Waals surface area contributed by atoms with Crippen LogP contribution >= 0.6 is 0 Å². The highest BCUT2D eigenvalue weighted by atomic mass is 16.5. The van der Waals surface area contributed by atoms with Crippen molar-refractivity contribution in [2.24, 2.45) is 0 Å². The molecule has 1 unspecified atom stereocenters. The summed E-state index contributed by atoms with van der Waals surface area (Å²) in [5.41, 5.74) is 5.88. The van der Waals surface area contributed by atoms with Gasteiger partial charge in [0.2, 0.25) is 0 Å². The van der Waals surface area contributed by atoms with Crippen LogP contribution in [0.15, 0.2) is 48.8 Å². The molecule has 176 valence electrons. The van der Waals surface area contributed by atoms with Crippen molar-refractivity contribution in [1.29, 1.82) is 0 Å². The molecular formula is C27H34N2O4. The number of hydrogen-bond acceptors (Lipinski definition) is 4. The number of H-pyrrole nitrogens is 1. The van der Waals surface area contributed by atoms with Crippen molar-refractivity contribution in [1.82, 2.24) is 9.55 Å². The maximum absolute atomic E-state index is 12.8. The van der Waals surface area contributed by atoms with E-state index in [0.29, 0.717) is 12.3 Å². The highest BCUT2D eigenvalue weighted by Crippen LogP contribution is 2.28. The van der Waals surface area contributed by atoms with Crippen LogP contribution in [0.25, 0.3) is 0 Å². The highest BCUT2D eigenvalue weighted by Gasteiger charge is 2.22. The summed E-state index contributed by atoms with van der Waals surface area (Å²) in [7, 11) is 0. The molecule has 2 heterocycles. The van der Waals surface area contributed by atoms with E-state index in [4.69, 9.17) is 9.47 Å². The number of ether oxygens (including phenoxy) is 2. The van der Waals surface area contributed by atoms with Crippen LogP contribution in [-0.2, 0) is 33.7 Å². The summed E-state index contributed by atoms with van der Waals surface area (Å²) in [5.74, 6) is -0.634. The van der Waals surface area contributed by atoms with Gasteiger partial charge in [-0.3, -0.25) is 4.79 Å². The number of nitrogens with one attached hydrogen (secondary N) is 1. The van der Waals surface area contributed by atoms with Gasteiger partial charge in [0, 0.05) is 25.0 Å². The van der Waals surface area contributed by atoms with E-state index in [1.54, 1.807) is 0 Å². The van der Waals surface area contributed by atoms with Gasteiger partial charge in [0.25, 0.3) is 0 Å². The first-order valence-corrected chi connectivity index (χ1v) is 11.7. The fourth-order valence-electron chi connectivity index (χ4n) is 4.11. The normalized spacial score (nSPS) is 11.9. The molecule has 0 fully saturated rings. The van der Waals surface area contributed by atoms with Crippen molar-refractivity contribution in [3.63, 3.8) is 0 Å². The fourth-order valence-corrected chi connectivity index (χ4v) is 4.11. The number of carbonyl (C=O) groups is 2. The van der Waals surface area contributed by atoms with Gasteiger partial charge in [-0.05, 0) is 60.9 Å². The second-order valence-electron chi connectivity index (χ2n) is 8.31. The Hall–Kier alpha value is -3.28. The van der Waals surface area contributed by atoms with Crippen LogP contribution in [0, 0.1) is 6.92 Å². The van der Waals surface area contributed by atoms with Crippen LogP contribution in [0.5, 0.6) is 0 Å². The summed E-state index contributed by atoms with van der Waals surface area (Å²) in [4.78, 5) is 27.3. The molecule has 6 nitrogen and oxygen atoms in total. The van der Waals surface area contributed by atoms with Crippen LogP contribution in [0.1, 0.15) is 78.1 Å². The summed E-state index contributed by atoms with van der Waals surface area (Å²) in [5, 5.41) is 0. The molecule has 0 aliphatic heterocycles. The molecule has 2 aromatic heterocycles. The topological polar surface area (TPSA) is 73.3 Å². The van der Waals surface area contributed by atoms with Crippen molar-refractivity contribution in [2.75, 3.05) is 6.61 Å². The molecule has 0 aliphatic carbocycles. The van der Waals surface area contributed by atoms with E-state index >= 15 is 0 Å². The van der Waals surface area contributed by atoms with Gasteiger partial charge >= 0.3 is 11.9 Å². The van der Waals surface area contributed by atoms with Crippen molar-refractivity contribution in [2.45, 2.75) is 66.0 Å². The highest BCUT2D eigenvalue weighted by molar-refractivity contribution is 5.89. The first-order chi connectivity index (χ1) is 15.9. The molecule has 0 bridgehead atoms. The molecule has 0 radical (unpaired) electrons. The minimum atomic E-state index is -0.364. The zero-order chi connectivity index (χ0) is 23.8. The standard InChI is InChI=1S/C27H34N2O4/c1-5-22-16-29(17-23(22)6-2)25(13-10-14-32-20(4)30)24-15-19(3)26(28-24)27(31)33-18-21-11-8-7-9-12-21/h7-9,11-12,15-17,25,28H,5-6,10,13-14,18H2,1-4H3. The van der Waals surface area contributed by atoms with Gasteiger partial charge in [-0.2, -0.15) is 0 Å². The zero-order valence-electron chi connectivity index (χ0n) is 20.0. The molecule has 1 atom stereocenters. The number of hydrogen-bond donors (Lipinski definition) is 1. The molecule has 3 aromatic rings. The Morgan fingerprint density at radius 1 is 1.03 bits per heavy atom. The molecule has 1 N–H and O–H groups in total. The molecule has 0 aliphatic rings. The lowest BCUT2D eigenvalue weighted by molar-refractivity contribution is -0.141. The van der Waals surface area contributed by atoms with E-state index in [-0.39, 0.29) is 24.6 Å². The molecule has 6 heteroatoms. The Bertz CT molecular complexity index is 1040. The van der Waals surface area contributed by atoms with Gasteiger partial charge in [0.15, 0.2) is 0 Å². The van der Waals surface area contributed by atoms with Crippen LogP contribution in [0.3, 0.4) is 0 Å². The second-order valence-corrected chi connectivity index (χ2v) is 8.31. The van der Waals surface area contributed by atoms with Crippen molar-refractivity contribution in [3.05, 3.63) is 82.4 Å². The van der Waals surface area contributed by atoms with Crippen molar-refractivity contribution < 1.29 is 19.1 Å². The lowest BCUT2D eigenvalue weighted by Crippen LogP contribution is -2.12. The van der Waals surface area contributed by atoms with Crippen molar-refractivity contribution in [3.8, 4) is 0 Å². The molecular weight excluding hydrogens is 416 g/mol. The SMILES string of the molecule is CCc1cn(C(CCCOC(C)=O)c2cc(C)c(C(=O)OCc3ccccc3)[nH]2)cc1CC. The molecule has 0 amide bonds. The number of esters is 2. The van der Waals surface area contributed by atoms with E-state index in [9.17, 15) is 9.59 Å². The fraction of sp³-hybridized carbons (Fsp3) is 0.407. The Morgan fingerprint density at radius 3 is 2.30 bits per heavy atom. The predicted molar refractivity (Wildman–Crippen MR) is 128 cm³/mol. The smallest absolute Gasteiger partial charge is 0.355 e. The van der Waals surface area contributed by atoms with Crippen LogP contribution in [0.2, 0.25) is 0 Å². The number of aromatic amines is 1. The largest absolute Gasteiger partial charge is 0.466 e. The Balaban J connectivity index is 1.81. The summed E-state index contributed by atoms with van der Waals surface area (Å²) < 4.78 is 12.9. The average Bonchev–Trinajstić information content (AvgIpc) is 3.41. The summed E-state index contributed by atoms with van der Waals surface area (Å²) in [6.45, 7) is 8.27. The molecule has 1 aromatic carbocycles. The number of aryl methyl sites for hydroxylation is 3. The van der Waals surface area contributed by atoms with Crippen LogP contribution in [-0.4, -0.2) is 28.1 Å². The quantitative estimate of drug-likeness (QED) is 0.307. The minimum absolute atomic E-state index is 0.000492. The molecule has 3 rings (SSSR count). The van der Waals surface area contributed by atoms with Crippen molar-refractivity contribution >= 4 is 11.9 Å². The molecule has 0 saturated heterocycles. The Morgan fingerprint density at radius 2 is 1.70 bits per heavy atom. The Kier molecular flexibility index (Phi) is 8.52. The van der Waals surface area contributed by atoms with Gasteiger partial charge in [-0.15, -0.1) is 0 Å². The number of benzene rings is 1. The summed E-state index contributed by atoms with van der Waals surface area (Å²) >= 11 is 0. The van der Waals surface area contributed by atoms with E-state index in [1.165, 1.54) is 18.1 Å². The van der Waals surface area contributed by atoms with E-state index in [1.807, 2.05) is 43.3 Å². The van der Waals surface area contributed by atoms with E-state index < -0.39 is 0 Å². The van der Waals surface area contributed by atoms with Gasteiger partial charge in [0.1, 0.15) is 12.3 Å². The van der Waals surface area contributed by atoms with Gasteiger partial charge < -0.3 is 19.0 Å². The van der Waals surface area contributed by atoms with E-state index in [2.05, 4.69) is 35.8 Å². The predicted octanol–water partition coefficient (Wildman–Crippen LogP) is 5.54. The van der Waals surface area contributed by atoms with Crippen LogP contribution < -0.4 is 0 Å². The molecule has 0 spiro atoms. The van der Waals surface area contributed by atoms with E-state index in [0.717, 1.165) is 42.5 Å². The molecule has 33 heavy (non-hydrogen) atoms. The second kappa shape index (κ2) is 11.5. The summed E-state index contributed by atoms with van der Waals surface area (Å²) in [6, 6.07) is 11.7. The summed E-state index contributed by atoms with van der Waals surface area (Å²) in [6.07, 6.45) is 7.82. The number of rotatable bonds is 11. The number of nitrogens with zero attached hydrogens (tertiary/aromatic N) is 1. The minimum Gasteiger partial charge on any atom is -0.466 e. The third kappa shape index (κ3) is 6.37. The number of carbonyl (C=O) groups excluding carboxylic acids is 2. The lowest BCUT2D eigenvalue weighted by atomic mass is 10.1. The number of aromatic nitrogens is 2. The maximum Gasteiger partial charge on any atom is 0.355 e. The molecule has 0 saturated carbocycles. The first kappa shape index (κ1) is 24.4. The van der Waals surface area contributed by atoms with Gasteiger partial charge in [0.05, 0.1) is 12.6 Å². The van der Waals surface area contributed by atoms with Gasteiger partial charge in [-0.1, -0.05) is 44.2 Å². The Labute approximate surface area is 195 Å².